The van der Waals surface area contributed by atoms with Crippen molar-refractivity contribution in [3.63, 3.8) is 0 Å². The first-order valence-corrected chi connectivity index (χ1v) is 7.35. The molecule has 0 bridgehead atoms. The van der Waals surface area contributed by atoms with E-state index >= 15 is 0 Å². The highest BCUT2D eigenvalue weighted by atomic mass is 16.1. The van der Waals surface area contributed by atoms with Gasteiger partial charge in [-0.25, -0.2) is 0 Å². The number of nitrogens with one attached hydrogen (secondary N) is 1. The van der Waals surface area contributed by atoms with Crippen molar-refractivity contribution < 1.29 is 4.79 Å². The molecular formula is C17H15N5O. The highest BCUT2D eigenvalue weighted by Crippen LogP contribution is 2.20. The number of carbonyl (C=O) groups excluding carboxylic acids is 1. The second-order valence-electron chi connectivity index (χ2n) is 5.40. The minimum Gasteiger partial charge on any atom is -0.350 e. The van der Waals surface area contributed by atoms with Crippen molar-refractivity contribution in [2.75, 3.05) is 0 Å². The standard InChI is InChI=1S/C17H15N5O/c1-21-11-13(12-6-2-3-7-14(12)21)17(23)18-10-16-20-19-15-8-4-5-9-22(15)16/h2-9,11H,10H2,1H3,(H,18,23). The van der Waals surface area contributed by atoms with Gasteiger partial charge in [-0.05, 0) is 18.2 Å². The largest absolute Gasteiger partial charge is 0.350 e. The average molecular weight is 305 g/mol. The SMILES string of the molecule is Cn1cc(C(=O)NCc2nnc3ccccn23)c2ccccc21. The van der Waals surface area contributed by atoms with Crippen molar-refractivity contribution in [2.45, 2.75) is 6.54 Å². The number of hydrogen-bond donors (Lipinski definition) is 1. The van der Waals surface area contributed by atoms with Crippen LogP contribution in [0.15, 0.2) is 54.9 Å². The maximum absolute atomic E-state index is 12.5. The molecule has 1 amide bonds. The quantitative estimate of drug-likeness (QED) is 0.631. The molecule has 4 rings (SSSR count). The van der Waals surface area contributed by atoms with Crippen LogP contribution in [0.5, 0.6) is 0 Å². The topological polar surface area (TPSA) is 64.2 Å². The fourth-order valence-electron chi connectivity index (χ4n) is 2.79. The van der Waals surface area contributed by atoms with E-state index in [2.05, 4.69) is 15.5 Å². The minimum absolute atomic E-state index is 0.116. The number of fused-ring (bicyclic) bond motifs is 2. The number of amides is 1. The average Bonchev–Trinajstić information content (AvgIpc) is 3.15. The summed E-state index contributed by atoms with van der Waals surface area (Å²) in [5, 5.41) is 12.1. The maximum atomic E-state index is 12.5. The van der Waals surface area contributed by atoms with E-state index in [9.17, 15) is 4.79 Å². The Balaban J connectivity index is 1.60. The number of nitrogens with zero attached hydrogens (tertiary/aromatic N) is 4. The number of rotatable bonds is 3. The molecule has 1 N–H and O–H groups in total. The van der Waals surface area contributed by atoms with Gasteiger partial charge in [-0.15, -0.1) is 10.2 Å². The summed E-state index contributed by atoms with van der Waals surface area (Å²) < 4.78 is 3.82. The van der Waals surface area contributed by atoms with Crippen LogP contribution in [0.2, 0.25) is 0 Å². The lowest BCUT2D eigenvalue weighted by atomic mass is 10.1. The number of para-hydroxylation sites is 1. The lowest BCUT2D eigenvalue weighted by Crippen LogP contribution is -2.23. The molecule has 6 nitrogen and oxygen atoms in total. The fraction of sp³-hybridized carbons (Fsp3) is 0.118. The number of hydrogen-bond acceptors (Lipinski definition) is 3. The molecule has 0 radical (unpaired) electrons. The number of aromatic nitrogens is 4. The Kier molecular flexibility index (Phi) is 3.08. The lowest BCUT2D eigenvalue weighted by molar-refractivity contribution is 0.0951. The molecule has 3 heterocycles. The van der Waals surface area contributed by atoms with E-state index in [-0.39, 0.29) is 5.91 Å². The maximum Gasteiger partial charge on any atom is 0.253 e. The first-order valence-electron chi connectivity index (χ1n) is 7.35. The Morgan fingerprint density at radius 3 is 2.87 bits per heavy atom. The Morgan fingerprint density at radius 1 is 1.13 bits per heavy atom. The number of carbonyl (C=O) groups is 1. The molecule has 23 heavy (non-hydrogen) atoms. The zero-order chi connectivity index (χ0) is 15.8. The van der Waals surface area contributed by atoms with E-state index in [0.717, 1.165) is 16.6 Å². The Hall–Kier alpha value is -3.15. The lowest BCUT2D eigenvalue weighted by Gasteiger charge is -2.03. The van der Waals surface area contributed by atoms with Gasteiger partial charge in [-0.3, -0.25) is 9.20 Å². The Bertz CT molecular complexity index is 1010. The monoisotopic (exact) mass is 305 g/mol. The summed E-state index contributed by atoms with van der Waals surface area (Å²) in [4.78, 5) is 12.5. The van der Waals surface area contributed by atoms with Gasteiger partial charge in [0.25, 0.3) is 5.91 Å². The summed E-state index contributed by atoms with van der Waals surface area (Å²) in [5.41, 5.74) is 2.46. The van der Waals surface area contributed by atoms with Crippen molar-refractivity contribution in [1.29, 1.82) is 0 Å². The summed E-state index contributed by atoms with van der Waals surface area (Å²) in [7, 11) is 1.94. The van der Waals surface area contributed by atoms with Crippen molar-refractivity contribution in [3.05, 3.63) is 66.2 Å². The van der Waals surface area contributed by atoms with Crippen LogP contribution in [0.25, 0.3) is 16.6 Å². The van der Waals surface area contributed by atoms with Crippen LogP contribution in [0, 0.1) is 0 Å². The number of benzene rings is 1. The summed E-state index contributed by atoms with van der Waals surface area (Å²) in [6, 6.07) is 13.5. The summed E-state index contributed by atoms with van der Waals surface area (Å²) >= 11 is 0. The third-order valence-electron chi connectivity index (χ3n) is 3.93. The number of aryl methyl sites for hydroxylation is 1. The molecule has 0 spiro atoms. The zero-order valence-corrected chi connectivity index (χ0v) is 12.6. The molecule has 114 valence electrons. The number of pyridine rings is 1. The van der Waals surface area contributed by atoms with Crippen LogP contribution in [-0.4, -0.2) is 25.1 Å². The van der Waals surface area contributed by atoms with Gasteiger partial charge in [0.2, 0.25) is 0 Å². The third-order valence-corrected chi connectivity index (χ3v) is 3.93. The van der Waals surface area contributed by atoms with Gasteiger partial charge in [0.1, 0.15) is 0 Å². The van der Waals surface area contributed by atoms with Crippen LogP contribution in [0.1, 0.15) is 16.2 Å². The molecule has 0 aliphatic carbocycles. The van der Waals surface area contributed by atoms with E-state index in [0.29, 0.717) is 17.9 Å². The van der Waals surface area contributed by atoms with Crippen molar-refractivity contribution in [3.8, 4) is 0 Å². The van der Waals surface area contributed by atoms with Gasteiger partial charge >= 0.3 is 0 Å². The van der Waals surface area contributed by atoms with Gasteiger partial charge in [0.05, 0.1) is 12.1 Å². The third kappa shape index (κ3) is 2.24. The van der Waals surface area contributed by atoms with Crippen molar-refractivity contribution >= 4 is 22.5 Å². The van der Waals surface area contributed by atoms with Gasteiger partial charge in [-0.2, -0.15) is 0 Å². The van der Waals surface area contributed by atoms with Gasteiger partial charge in [0, 0.05) is 30.3 Å². The van der Waals surface area contributed by atoms with Crippen LogP contribution in [-0.2, 0) is 13.6 Å². The molecule has 3 aromatic heterocycles. The first-order chi connectivity index (χ1) is 11.2. The highest BCUT2D eigenvalue weighted by Gasteiger charge is 2.14. The molecule has 0 unspecified atom stereocenters. The predicted molar refractivity (Wildman–Crippen MR) is 87.1 cm³/mol. The Morgan fingerprint density at radius 2 is 1.96 bits per heavy atom. The van der Waals surface area contributed by atoms with Crippen LogP contribution in [0.3, 0.4) is 0 Å². The van der Waals surface area contributed by atoms with Gasteiger partial charge in [-0.1, -0.05) is 24.3 Å². The smallest absolute Gasteiger partial charge is 0.253 e. The fourth-order valence-corrected chi connectivity index (χ4v) is 2.79. The normalized spacial score (nSPS) is 11.2. The van der Waals surface area contributed by atoms with Gasteiger partial charge in [0.15, 0.2) is 11.5 Å². The molecule has 0 aliphatic rings. The molecule has 0 atom stereocenters. The molecule has 0 saturated carbocycles. The van der Waals surface area contributed by atoms with E-state index in [1.54, 1.807) is 0 Å². The molecule has 0 fully saturated rings. The molecule has 6 heteroatoms. The molecular weight excluding hydrogens is 290 g/mol. The van der Waals surface area contributed by atoms with E-state index in [4.69, 9.17) is 0 Å². The highest BCUT2D eigenvalue weighted by molar-refractivity contribution is 6.06. The Labute approximate surface area is 132 Å². The molecule has 4 aromatic rings. The summed E-state index contributed by atoms with van der Waals surface area (Å²) in [6.07, 6.45) is 3.73. The van der Waals surface area contributed by atoms with E-state index in [1.807, 2.05) is 70.9 Å². The molecule has 0 saturated heterocycles. The van der Waals surface area contributed by atoms with Crippen LogP contribution >= 0.6 is 0 Å². The van der Waals surface area contributed by atoms with Gasteiger partial charge < -0.3 is 9.88 Å². The van der Waals surface area contributed by atoms with E-state index in [1.165, 1.54) is 0 Å². The second kappa shape index (κ2) is 5.24. The summed E-state index contributed by atoms with van der Waals surface area (Å²) in [6.45, 7) is 0.327. The zero-order valence-electron chi connectivity index (χ0n) is 12.6. The molecule has 1 aromatic carbocycles. The van der Waals surface area contributed by atoms with Crippen LogP contribution in [0.4, 0.5) is 0 Å². The first kappa shape index (κ1) is 13.5. The van der Waals surface area contributed by atoms with Crippen molar-refractivity contribution in [2.24, 2.45) is 7.05 Å². The molecule has 0 aliphatic heterocycles. The summed E-state index contributed by atoms with van der Waals surface area (Å²) in [5.74, 6) is 0.587. The van der Waals surface area contributed by atoms with Crippen LogP contribution < -0.4 is 5.32 Å². The second-order valence-corrected chi connectivity index (χ2v) is 5.40. The predicted octanol–water partition coefficient (Wildman–Crippen LogP) is 2.15. The van der Waals surface area contributed by atoms with E-state index < -0.39 is 0 Å². The minimum atomic E-state index is -0.116. The van der Waals surface area contributed by atoms with Crippen molar-refractivity contribution in [1.82, 2.24) is 24.5 Å².